The number of aromatic nitrogens is 4. The maximum Gasteiger partial charge on any atom is 0.263 e. The first-order chi connectivity index (χ1) is 17.0. The number of anilines is 1. The van der Waals surface area contributed by atoms with E-state index in [1.165, 1.54) is 0 Å². The van der Waals surface area contributed by atoms with Crippen molar-refractivity contribution >= 4 is 39.9 Å². The van der Waals surface area contributed by atoms with Crippen LogP contribution in [0.1, 0.15) is 17.8 Å². The van der Waals surface area contributed by atoms with Crippen molar-refractivity contribution in [2.45, 2.75) is 19.4 Å². The highest BCUT2D eigenvalue weighted by Crippen LogP contribution is 2.20. The maximum absolute atomic E-state index is 13.4. The molecule has 176 valence electrons. The van der Waals surface area contributed by atoms with Crippen LogP contribution >= 0.6 is 11.6 Å². The third kappa shape index (κ3) is 4.48. The lowest BCUT2D eigenvalue weighted by molar-refractivity contribution is -0.116. The molecule has 5 rings (SSSR count). The van der Waals surface area contributed by atoms with Gasteiger partial charge in [0.05, 0.1) is 24.6 Å². The molecule has 0 aliphatic rings. The number of ether oxygens (including phenoxy) is 1. The highest BCUT2D eigenvalue weighted by molar-refractivity contribution is 6.31. The zero-order valence-corrected chi connectivity index (χ0v) is 19.7. The standard InChI is InChI=1S/C26H22ClN5O3/c1-35-19-9-6-8-18(15-19)28-24(33)14-13-23-29-30-26-31(16-17-7-2-4-11-21(17)27)25(34)20-10-3-5-12-22(20)32(23)26/h2-12,15H,13-14,16H2,1H3,(H,28,33). The normalized spacial score (nSPS) is 11.1. The van der Waals surface area contributed by atoms with Gasteiger partial charge in [0.2, 0.25) is 11.7 Å². The van der Waals surface area contributed by atoms with Gasteiger partial charge in [-0.1, -0.05) is 48.0 Å². The summed E-state index contributed by atoms with van der Waals surface area (Å²) in [4.78, 5) is 26.0. The van der Waals surface area contributed by atoms with E-state index in [9.17, 15) is 9.59 Å². The van der Waals surface area contributed by atoms with Crippen LogP contribution in [-0.4, -0.2) is 32.2 Å². The average Bonchev–Trinajstić information content (AvgIpc) is 3.30. The van der Waals surface area contributed by atoms with E-state index in [1.807, 2.05) is 52.9 Å². The predicted molar refractivity (Wildman–Crippen MR) is 135 cm³/mol. The summed E-state index contributed by atoms with van der Waals surface area (Å²) in [6.45, 7) is 0.251. The van der Waals surface area contributed by atoms with Crippen LogP contribution in [0.3, 0.4) is 0 Å². The topological polar surface area (TPSA) is 90.5 Å². The van der Waals surface area contributed by atoms with E-state index in [4.69, 9.17) is 16.3 Å². The summed E-state index contributed by atoms with van der Waals surface area (Å²) in [5, 5.41) is 12.6. The lowest BCUT2D eigenvalue weighted by Gasteiger charge is -2.12. The molecule has 0 bridgehead atoms. The number of nitrogens with one attached hydrogen (secondary N) is 1. The van der Waals surface area contributed by atoms with Gasteiger partial charge in [-0.15, -0.1) is 10.2 Å². The van der Waals surface area contributed by atoms with E-state index in [-0.39, 0.29) is 24.4 Å². The van der Waals surface area contributed by atoms with Crippen LogP contribution in [-0.2, 0) is 17.8 Å². The van der Waals surface area contributed by atoms with E-state index in [0.717, 1.165) is 5.56 Å². The van der Waals surface area contributed by atoms with E-state index in [0.29, 0.717) is 45.4 Å². The Bertz CT molecular complexity index is 1610. The van der Waals surface area contributed by atoms with Gasteiger partial charge in [0.25, 0.3) is 5.56 Å². The van der Waals surface area contributed by atoms with Crippen LogP contribution in [0.25, 0.3) is 16.7 Å². The molecular weight excluding hydrogens is 466 g/mol. The molecule has 1 amide bonds. The molecule has 9 heteroatoms. The number of halogens is 1. The lowest BCUT2D eigenvalue weighted by Crippen LogP contribution is -2.24. The van der Waals surface area contributed by atoms with Crippen LogP contribution < -0.4 is 15.6 Å². The average molecular weight is 488 g/mol. The number of carbonyl (C=O) groups excluding carboxylic acids is 1. The molecule has 3 aromatic carbocycles. The molecule has 0 aliphatic heterocycles. The van der Waals surface area contributed by atoms with Gasteiger partial charge < -0.3 is 10.1 Å². The molecule has 1 N–H and O–H groups in total. The number of aryl methyl sites for hydroxylation is 1. The molecular formula is C26H22ClN5O3. The van der Waals surface area contributed by atoms with Gasteiger partial charge in [-0.05, 0) is 35.9 Å². The third-order valence-electron chi connectivity index (χ3n) is 5.79. The first-order valence-corrected chi connectivity index (χ1v) is 11.5. The Morgan fingerprint density at radius 2 is 1.83 bits per heavy atom. The summed E-state index contributed by atoms with van der Waals surface area (Å²) in [7, 11) is 1.58. The van der Waals surface area contributed by atoms with Crippen LogP contribution in [0, 0.1) is 0 Å². The van der Waals surface area contributed by atoms with Crippen molar-refractivity contribution in [3.05, 3.63) is 99.6 Å². The molecule has 0 unspecified atom stereocenters. The lowest BCUT2D eigenvalue weighted by atomic mass is 10.2. The summed E-state index contributed by atoms with van der Waals surface area (Å²) in [6, 6.07) is 21.9. The van der Waals surface area contributed by atoms with Gasteiger partial charge in [-0.3, -0.25) is 18.6 Å². The van der Waals surface area contributed by atoms with E-state index in [2.05, 4.69) is 15.5 Å². The molecule has 2 aromatic heterocycles. The first kappa shape index (κ1) is 22.6. The summed E-state index contributed by atoms with van der Waals surface area (Å²) in [5.41, 5.74) is 1.97. The van der Waals surface area contributed by atoms with Crippen molar-refractivity contribution < 1.29 is 9.53 Å². The zero-order valence-electron chi connectivity index (χ0n) is 18.9. The summed E-state index contributed by atoms with van der Waals surface area (Å²) in [5.74, 6) is 1.49. The van der Waals surface area contributed by atoms with Gasteiger partial charge >= 0.3 is 0 Å². The maximum atomic E-state index is 13.4. The minimum Gasteiger partial charge on any atom is -0.497 e. The first-order valence-electron chi connectivity index (χ1n) is 11.1. The van der Waals surface area contributed by atoms with Gasteiger partial charge in [0, 0.05) is 29.6 Å². The number of benzene rings is 3. The number of amides is 1. The van der Waals surface area contributed by atoms with Crippen LogP contribution in [0.2, 0.25) is 5.02 Å². The molecule has 0 saturated heterocycles. The van der Waals surface area contributed by atoms with Crippen molar-refractivity contribution in [3.8, 4) is 5.75 Å². The van der Waals surface area contributed by atoms with Crippen molar-refractivity contribution in [2.75, 3.05) is 12.4 Å². The number of carbonyl (C=O) groups is 1. The molecule has 35 heavy (non-hydrogen) atoms. The van der Waals surface area contributed by atoms with Crippen LogP contribution in [0.5, 0.6) is 5.75 Å². The van der Waals surface area contributed by atoms with Crippen molar-refractivity contribution in [2.24, 2.45) is 0 Å². The highest BCUT2D eigenvalue weighted by Gasteiger charge is 2.18. The number of nitrogens with zero attached hydrogens (tertiary/aromatic N) is 4. The molecule has 0 atom stereocenters. The number of methoxy groups -OCH3 is 1. The molecule has 0 aliphatic carbocycles. The Balaban J connectivity index is 1.49. The van der Waals surface area contributed by atoms with Gasteiger partial charge in [-0.2, -0.15) is 0 Å². The number of fused-ring (bicyclic) bond motifs is 3. The number of para-hydroxylation sites is 1. The smallest absolute Gasteiger partial charge is 0.263 e. The fourth-order valence-corrected chi connectivity index (χ4v) is 4.26. The second kappa shape index (κ2) is 9.60. The molecule has 2 heterocycles. The fourth-order valence-electron chi connectivity index (χ4n) is 4.07. The highest BCUT2D eigenvalue weighted by atomic mass is 35.5. The van der Waals surface area contributed by atoms with Crippen molar-refractivity contribution in [1.82, 2.24) is 19.2 Å². The zero-order chi connectivity index (χ0) is 24.4. The van der Waals surface area contributed by atoms with E-state index >= 15 is 0 Å². The monoisotopic (exact) mass is 487 g/mol. The Kier molecular flexibility index (Phi) is 6.20. The van der Waals surface area contributed by atoms with Crippen LogP contribution in [0.15, 0.2) is 77.6 Å². The second-order valence-corrected chi connectivity index (χ2v) is 8.44. The Morgan fingerprint density at radius 3 is 2.66 bits per heavy atom. The Morgan fingerprint density at radius 1 is 1.03 bits per heavy atom. The van der Waals surface area contributed by atoms with Gasteiger partial charge in [-0.25, -0.2) is 0 Å². The molecule has 0 fully saturated rings. The predicted octanol–water partition coefficient (Wildman–Crippen LogP) is 4.33. The fraction of sp³-hybridized carbons (Fsp3) is 0.154. The quantitative estimate of drug-likeness (QED) is 0.369. The Labute approximate surface area is 205 Å². The SMILES string of the molecule is COc1cccc(NC(=O)CCc2nnc3n(Cc4ccccc4Cl)c(=O)c4ccccc4n23)c1. The molecule has 5 aromatic rings. The molecule has 8 nitrogen and oxygen atoms in total. The molecule has 0 saturated carbocycles. The minimum absolute atomic E-state index is 0.163. The number of hydrogen-bond donors (Lipinski definition) is 1. The molecule has 0 spiro atoms. The second-order valence-electron chi connectivity index (χ2n) is 8.03. The number of hydrogen-bond acceptors (Lipinski definition) is 5. The molecule has 0 radical (unpaired) electrons. The minimum atomic E-state index is -0.178. The van der Waals surface area contributed by atoms with Crippen molar-refractivity contribution in [1.29, 1.82) is 0 Å². The van der Waals surface area contributed by atoms with E-state index in [1.54, 1.807) is 35.9 Å². The van der Waals surface area contributed by atoms with Gasteiger partial charge in [0.1, 0.15) is 11.6 Å². The Hall–Kier alpha value is -4.17. The van der Waals surface area contributed by atoms with E-state index < -0.39 is 0 Å². The van der Waals surface area contributed by atoms with Crippen LogP contribution in [0.4, 0.5) is 5.69 Å². The van der Waals surface area contributed by atoms with Gasteiger partial charge in [0.15, 0.2) is 0 Å². The summed E-state index contributed by atoms with van der Waals surface area (Å²) in [6.07, 6.45) is 0.529. The third-order valence-corrected chi connectivity index (χ3v) is 6.16. The van der Waals surface area contributed by atoms with Crippen molar-refractivity contribution in [3.63, 3.8) is 0 Å². The number of rotatable bonds is 7. The summed E-state index contributed by atoms with van der Waals surface area (Å²) < 4.78 is 8.61. The summed E-state index contributed by atoms with van der Waals surface area (Å²) >= 11 is 6.36. The largest absolute Gasteiger partial charge is 0.497 e.